The maximum Gasteiger partial charge on any atom is 0.342 e. The van der Waals surface area contributed by atoms with Crippen LogP contribution in [0.5, 0.6) is 5.75 Å². The summed E-state index contributed by atoms with van der Waals surface area (Å²) in [6.07, 6.45) is 3.28. The Bertz CT molecular complexity index is 899. The van der Waals surface area contributed by atoms with E-state index in [1.54, 1.807) is 19.2 Å². The summed E-state index contributed by atoms with van der Waals surface area (Å²) in [4.78, 5) is 29.2. The number of hydrogen-bond donors (Lipinski definition) is 0. The molecule has 0 amide bonds. The number of nitrogens with zero attached hydrogens (tertiary/aromatic N) is 4. The molecule has 0 saturated heterocycles. The summed E-state index contributed by atoms with van der Waals surface area (Å²) >= 11 is 0. The highest BCUT2D eigenvalue weighted by Crippen LogP contribution is 2.31. The van der Waals surface area contributed by atoms with Crippen molar-refractivity contribution in [2.45, 2.75) is 6.42 Å². The van der Waals surface area contributed by atoms with Crippen molar-refractivity contribution in [2.24, 2.45) is 7.05 Å². The molecule has 136 valence electrons. The Hall–Kier alpha value is -3.00. The van der Waals surface area contributed by atoms with E-state index in [0.29, 0.717) is 35.7 Å². The van der Waals surface area contributed by atoms with Gasteiger partial charge < -0.3 is 19.8 Å². The van der Waals surface area contributed by atoms with Crippen molar-refractivity contribution in [3.05, 3.63) is 57.0 Å². The predicted octanol–water partition coefficient (Wildman–Crippen LogP) is 2.09. The number of imidazole rings is 1. The zero-order chi connectivity index (χ0) is 18.8. The average Bonchev–Trinajstić information content (AvgIpc) is 3.09. The molecule has 3 rings (SSSR count). The first-order chi connectivity index (χ1) is 12.4. The van der Waals surface area contributed by atoms with E-state index in [1.165, 1.54) is 10.8 Å². The van der Waals surface area contributed by atoms with Gasteiger partial charge in [-0.25, -0.2) is 9.55 Å². The summed E-state index contributed by atoms with van der Waals surface area (Å²) in [5, 5.41) is 10.9. The van der Waals surface area contributed by atoms with Crippen molar-refractivity contribution >= 4 is 17.7 Å². The van der Waals surface area contributed by atoms with Crippen LogP contribution in [0.1, 0.15) is 21.7 Å². The Morgan fingerprint density at radius 1 is 1.42 bits per heavy atom. The maximum atomic E-state index is 12.7. The Kier molecular flexibility index (Phi) is 4.85. The van der Waals surface area contributed by atoms with Crippen LogP contribution < -0.4 is 4.74 Å². The molecule has 0 radical (unpaired) electrons. The zero-order valence-corrected chi connectivity index (χ0v) is 14.9. The van der Waals surface area contributed by atoms with Crippen LogP contribution in [0.2, 0.25) is 0 Å². The molecule has 0 saturated carbocycles. The van der Waals surface area contributed by atoms with Gasteiger partial charge in [0, 0.05) is 30.2 Å². The highest BCUT2D eigenvalue weighted by molar-refractivity contribution is 6.15. The molecule has 0 aliphatic heterocycles. The molecule has 0 N–H and O–H groups in total. The largest absolute Gasteiger partial charge is 0.492 e. The number of allylic oxidation sites excluding steroid dienone is 1. The molecule has 8 nitrogen and oxygen atoms in total. The van der Waals surface area contributed by atoms with E-state index in [-0.39, 0.29) is 11.6 Å². The Morgan fingerprint density at radius 3 is 2.85 bits per heavy atom. The number of ether oxygens (including phenoxy) is 1. The molecule has 0 atom stereocenters. The van der Waals surface area contributed by atoms with Crippen LogP contribution in [0.4, 0.5) is 5.82 Å². The molecule has 2 aromatic rings. The van der Waals surface area contributed by atoms with E-state index in [2.05, 4.69) is 4.98 Å². The molecule has 1 aliphatic carbocycles. The van der Waals surface area contributed by atoms with Gasteiger partial charge in [-0.05, 0) is 36.7 Å². The van der Waals surface area contributed by atoms with Gasteiger partial charge >= 0.3 is 5.82 Å². The molecule has 1 aromatic heterocycles. The van der Waals surface area contributed by atoms with Crippen molar-refractivity contribution in [2.75, 3.05) is 27.2 Å². The van der Waals surface area contributed by atoms with Crippen molar-refractivity contribution in [3.8, 4) is 5.75 Å². The van der Waals surface area contributed by atoms with Crippen LogP contribution in [-0.2, 0) is 13.5 Å². The number of rotatable bonds is 6. The second-order valence-corrected chi connectivity index (χ2v) is 6.44. The minimum atomic E-state index is -0.502. The van der Waals surface area contributed by atoms with Gasteiger partial charge in [0.2, 0.25) is 5.82 Å². The van der Waals surface area contributed by atoms with Gasteiger partial charge in [0.1, 0.15) is 18.6 Å². The van der Waals surface area contributed by atoms with Gasteiger partial charge in [-0.3, -0.25) is 4.79 Å². The number of ketones is 1. The van der Waals surface area contributed by atoms with Gasteiger partial charge in [0.05, 0.1) is 7.05 Å². The maximum absolute atomic E-state index is 12.7. The minimum Gasteiger partial charge on any atom is -0.492 e. The topological polar surface area (TPSA) is 90.5 Å². The van der Waals surface area contributed by atoms with Crippen molar-refractivity contribution in [1.29, 1.82) is 0 Å². The third-order valence-electron chi connectivity index (χ3n) is 4.30. The normalized spacial score (nSPS) is 14.9. The first-order valence-corrected chi connectivity index (χ1v) is 8.18. The third kappa shape index (κ3) is 3.50. The first kappa shape index (κ1) is 17.8. The van der Waals surface area contributed by atoms with Gasteiger partial charge in [-0.1, -0.05) is 6.07 Å². The number of Topliss-reactive ketones (excluding diaryl/α,β-unsaturated/α-hetero) is 1. The summed E-state index contributed by atoms with van der Waals surface area (Å²) in [5.74, 6) is 0.836. The van der Waals surface area contributed by atoms with Crippen LogP contribution >= 0.6 is 0 Å². The number of hydrogen-bond acceptors (Lipinski definition) is 6. The standard InChI is InChI=1S/C18H20N4O4/c1-20(2)6-7-26-14-5-4-12-8-13(18(23)15(12)10-14)9-16-19-11-17(21(16)3)22(24)25/h4-5,9-11H,6-8H2,1-3H3/b13-9+. The molecule has 0 bridgehead atoms. The highest BCUT2D eigenvalue weighted by Gasteiger charge is 2.27. The SMILES string of the molecule is CN(C)CCOc1ccc2c(c1)C(=O)/C(=C/c1ncc([N+](=O)[O-])n1C)C2. The van der Waals surface area contributed by atoms with E-state index < -0.39 is 4.92 Å². The summed E-state index contributed by atoms with van der Waals surface area (Å²) in [6, 6.07) is 5.51. The molecule has 8 heteroatoms. The summed E-state index contributed by atoms with van der Waals surface area (Å²) < 4.78 is 7.05. The van der Waals surface area contributed by atoms with Crippen LogP contribution in [0.15, 0.2) is 30.0 Å². The molecular weight excluding hydrogens is 336 g/mol. The van der Waals surface area contributed by atoms with Crippen LogP contribution in [0.25, 0.3) is 6.08 Å². The molecule has 1 aromatic carbocycles. The van der Waals surface area contributed by atoms with E-state index in [1.807, 2.05) is 31.1 Å². The second kappa shape index (κ2) is 7.09. The average molecular weight is 356 g/mol. The monoisotopic (exact) mass is 356 g/mol. The van der Waals surface area contributed by atoms with Crippen molar-refractivity contribution in [3.63, 3.8) is 0 Å². The second-order valence-electron chi connectivity index (χ2n) is 6.44. The summed E-state index contributed by atoms with van der Waals surface area (Å²) in [5.41, 5.74) is 2.10. The van der Waals surface area contributed by atoms with Gasteiger partial charge in [-0.2, -0.15) is 0 Å². The Labute approximate surface area is 150 Å². The van der Waals surface area contributed by atoms with Crippen LogP contribution in [-0.4, -0.2) is 52.4 Å². The lowest BCUT2D eigenvalue weighted by Gasteiger charge is -2.11. The fraction of sp³-hybridized carbons (Fsp3) is 0.333. The highest BCUT2D eigenvalue weighted by atomic mass is 16.6. The zero-order valence-electron chi connectivity index (χ0n) is 14.9. The van der Waals surface area contributed by atoms with E-state index in [9.17, 15) is 14.9 Å². The number of benzene rings is 1. The number of fused-ring (bicyclic) bond motifs is 1. The first-order valence-electron chi connectivity index (χ1n) is 8.18. The van der Waals surface area contributed by atoms with E-state index >= 15 is 0 Å². The van der Waals surface area contributed by atoms with Gasteiger partial charge in [0.15, 0.2) is 5.78 Å². The fourth-order valence-corrected chi connectivity index (χ4v) is 2.81. The number of nitro groups is 1. The quantitative estimate of drug-likeness (QED) is 0.447. The van der Waals surface area contributed by atoms with Crippen molar-refractivity contribution in [1.82, 2.24) is 14.5 Å². The molecule has 0 unspecified atom stereocenters. The molecular formula is C18H20N4O4. The molecule has 0 spiro atoms. The van der Waals surface area contributed by atoms with Crippen molar-refractivity contribution < 1.29 is 14.5 Å². The lowest BCUT2D eigenvalue weighted by molar-refractivity contribution is -0.391. The molecule has 1 aliphatic rings. The smallest absolute Gasteiger partial charge is 0.342 e. The minimum absolute atomic E-state index is 0.0938. The third-order valence-corrected chi connectivity index (χ3v) is 4.30. The van der Waals surface area contributed by atoms with Crippen LogP contribution in [0.3, 0.4) is 0 Å². The van der Waals surface area contributed by atoms with Gasteiger partial charge in [-0.15, -0.1) is 0 Å². The van der Waals surface area contributed by atoms with E-state index in [4.69, 9.17) is 4.74 Å². The molecule has 26 heavy (non-hydrogen) atoms. The van der Waals surface area contributed by atoms with Gasteiger partial charge in [0.25, 0.3) is 0 Å². The number of carbonyl (C=O) groups excluding carboxylic acids is 1. The summed E-state index contributed by atoms with van der Waals surface area (Å²) in [6.45, 7) is 1.33. The lowest BCUT2D eigenvalue weighted by Crippen LogP contribution is -2.19. The lowest BCUT2D eigenvalue weighted by atomic mass is 10.1. The van der Waals surface area contributed by atoms with Crippen LogP contribution in [0, 0.1) is 10.1 Å². The molecule has 1 heterocycles. The summed E-state index contributed by atoms with van der Waals surface area (Å²) in [7, 11) is 5.49. The Morgan fingerprint density at radius 2 is 2.19 bits per heavy atom. The predicted molar refractivity (Wildman–Crippen MR) is 96.4 cm³/mol. The number of likely N-dealkylation sites (N-methyl/N-ethyl adjacent to an activating group) is 1. The molecule has 0 fully saturated rings. The van der Waals surface area contributed by atoms with E-state index in [0.717, 1.165) is 12.1 Å². The Balaban J connectivity index is 1.80. The number of carbonyl (C=O) groups is 1. The number of aromatic nitrogens is 2. The fourth-order valence-electron chi connectivity index (χ4n) is 2.81.